The molecule has 5 nitrogen and oxygen atoms in total. The van der Waals surface area contributed by atoms with E-state index in [4.69, 9.17) is 9.26 Å². The van der Waals surface area contributed by atoms with Gasteiger partial charge in [-0.05, 0) is 31.2 Å². The van der Waals surface area contributed by atoms with Crippen molar-refractivity contribution in [2.45, 2.75) is 6.92 Å². The molecule has 0 unspecified atom stereocenters. The average Bonchev–Trinajstić information content (AvgIpc) is 3.19. The van der Waals surface area contributed by atoms with Gasteiger partial charge < -0.3 is 9.26 Å². The molecule has 1 heterocycles. The van der Waals surface area contributed by atoms with Gasteiger partial charge in [-0.3, -0.25) is 0 Å². The Morgan fingerprint density at radius 1 is 0.786 bits per heavy atom. The van der Waals surface area contributed by atoms with Gasteiger partial charge >= 0.3 is 0 Å². The van der Waals surface area contributed by atoms with Gasteiger partial charge in [0.05, 0.1) is 12.3 Å². The fourth-order valence-electron chi connectivity index (χ4n) is 2.83. The lowest BCUT2D eigenvalue weighted by molar-refractivity contribution is 0.340. The number of hydrogen-bond donors (Lipinski definition) is 0. The molecule has 0 aliphatic heterocycles. The zero-order chi connectivity index (χ0) is 19.2. The minimum absolute atomic E-state index is 0.592. The van der Waals surface area contributed by atoms with Gasteiger partial charge in [0.1, 0.15) is 11.4 Å². The molecule has 0 atom stereocenters. The first-order valence-electron chi connectivity index (χ1n) is 9.10. The van der Waals surface area contributed by atoms with Crippen LogP contribution in [0.1, 0.15) is 6.92 Å². The fourth-order valence-corrected chi connectivity index (χ4v) is 2.83. The highest BCUT2D eigenvalue weighted by Crippen LogP contribution is 2.39. The molecule has 0 N–H and O–H groups in total. The largest absolute Gasteiger partial charge is 0.494 e. The smallest absolute Gasteiger partial charge is 0.195 e. The van der Waals surface area contributed by atoms with Crippen LogP contribution in [0.3, 0.4) is 0 Å². The lowest BCUT2D eigenvalue weighted by Gasteiger charge is -2.02. The van der Waals surface area contributed by atoms with Gasteiger partial charge in [0, 0.05) is 11.1 Å². The third kappa shape index (κ3) is 3.83. The van der Waals surface area contributed by atoms with Gasteiger partial charge in [0.25, 0.3) is 0 Å². The Kier molecular flexibility index (Phi) is 5.24. The highest BCUT2D eigenvalue weighted by atomic mass is 16.5. The fraction of sp³-hybridized carbons (Fsp3) is 0.0870. The normalized spacial score (nSPS) is 11.0. The van der Waals surface area contributed by atoms with Crippen LogP contribution in [0.4, 0.5) is 11.4 Å². The van der Waals surface area contributed by atoms with Crippen molar-refractivity contribution in [2.75, 3.05) is 6.61 Å². The summed E-state index contributed by atoms with van der Waals surface area (Å²) in [6.07, 6.45) is 0. The minimum Gasteiger partial charge on any atom is -0.494 e. The maximum atomic E-state index is 5.65. The highest BCUT2D eigenvalue weighted by Gasteiger charge is 2.19. The SMILES string of the molecule is CCOc1ccc(N=Nc2c(-c3ccccc3)noc2-c2ccccc2)cc1. The maximum absolute atomic E-state index is 5.65. The molecule has 138 valence electrons. The van der Waals surface area contributed by atoms with Crippen LogP contribution < -0.4 is 4.74 Å². The second-order valence-electron chi connectivity index (χ2n) is 6.07. The van der Waals surface area contributed by atoms with Crippen LogP contribution in [-0.4, -0.2) is 11.8 Å². The van der Waals surface area contributed by atoms with Crippen molar-refractivity contribution in [3.05, 3.63) is 84.9 Å². The van der Waals surface area contributed by atoms with E-state index in [1.54, 1.807) is 0 Å². The van der Waals surface area contributed by atoms with Gasteiger partial charge in [-0.1, -0.05) is 65.8 Å². The Labute approximate surface area is 163 Å². The Morgan fingerprint density at radius 2 is 1.43 bits per heavy atom. The standard InChI is InChI=1S/C23H19N3O2/c1-2-27-20-15-13-19(14-16-20)24-25-22-21(17-9-5-3-6-10-17)26-28-23(22)18-11-7-4-8-12-18/h3-16H,2H2,1H3. The van der Waals surface area contributed by atoms with E-state index in [-0.39, 0.29) is 0 Å². The van der Waals surface area contributed by atoms with E-state index in [1.165, 1.54) is 0 Å². The molecular weight excluding hydrogens is 350 g/mol. The van der Waals surface area contributed by atoms with Crippen LogP contribution in [0.25, 0.3) is 22.6 Å². The number of hydrogen-bond acceptors (Lipinski definition) is 5. The molecule has 5 heteroatoms. The second-order valence-corrected chi connectivity index (χ2v) is 6.07. The summed E-state index contributed by atoms with van der Waals surface area (Å²) in [6, 6.07) is 27.1. The molecule has 0 saturated heterocycles. The summed E-state index contributed by atoms with van der Waals surface area (Å²) < 4.78 is 11.1. The molecule has 0 aliphatic carbocycles. The third-order valence-corrected chi connectivity index (χ3v) is 4.16. The predicted molar refractivity (Wildman–Crippen MR) is 109 cm³/mol. The van der Waals surface area contributed by atoms with E-state index in [2.05, 4.69) is 15.4 Å². The van der Waals surface area contributed by atoms with Gasteiger partial charge in [0.15, 0.2) is 11.4 Å². The van der Waals surface area contributed by atoms with Gasteiger partial charge in [-0.15, -0.1) is 5.11 Å². The van der Waals surface area contributed by atoms with Crippen LogP contribution in [-0.2, 0) is 0 Å². The van der Waals surface area contributed by atoms with Gasteiger partial charge in [0.2, 0.25) is 0 Å². The molecule has 0 amide bonds. The molecule has 3 aromatic carbocycles. The van der Waals surface area contributed by atoms with Crippen LogP contribution >= 0.6 is 0 Å². The van der Waals surface area contributed by atoms with E-state index in [1.807, 2.05) is 91.9 Å². The van der Waals surface area contributed by atoms with Crippen molar-refractivity contribution >= 4 is 11.4 Å². The van der Waals surface area contributed by atoms with E-state index in [9.17, 15) is 0 Å². The first-order chi connectivity index (χ1) is 13.8. The molecule has 1 aromatic heterocycles. The molecule has 4 rings (SSSR count). The molecular formula is C23H19N3O2. The third-order valence-electron chi connectivity index (χ3n) is 4.16. The molecule has 28 heavy (non-hydrogen) atoms. The maximum Gasteiger partial charge on any atom is 0.195 e. The predicted octanol–water partition coefficient (Wildman–Crippen LogP) is 6.82. The number of aromatic nitrogens is 1. The highest BCUT2D eigenvalue weighted by molar-refractivity contribution is 5.82. The summed E-state index contributed by atoms with van der Waals surface area (Å²) >= 11 is 0. The van der Waals surface area contributed by atoms with Crippen LogP contribution in [0.15, 0.2) is 99.7 Å². The Hall–Kier alpha value is -3.73. The monoisotopic (exact) mass is 369 g/mol. The van der Waals surface area contributed by atoms with Crippen LogP contribution in [0.2, 0.25) is 0 Å². The van der Waals surface area contributed by atoms with Crippen molar-refractivity contribution < 1.29 is 9.26 Å². The zero-order valence-electron chi connectivity index (χ0n) is 15.4. The van der Waals surface area contributed by atoms with Crippen LogP contribution in [0, 0.1) is 0 Å². The lowest BCUT2D eigenvalue weighted by atomic mass is 10.1. The number of nitrogens with zero attached hydrogens (tertiary/aromatic N) is 3. The molecule has 0 bridgehead atoms. The lowest BCUT2D eigenvalue weighted by Crippen LogP contribution is -1.89. The number of benzene rings is 3. The Morgan fingerprint density at radius 3 is 2.07 bits per heavy atom. The zero-order valence-corrected chi connectivity index (χ0v) is 15.4. The first kappa shape index (κ1) is 17.7. The van der Waals surface area contributed by atoms with E-state index < -0.39 is 0 Å². The van der Waals surface area contributed by atoms with Crippen molar-refractivity contribution in [3.63, 3.8) is 0 Å². The topological polar surface area (TPSA) is 60.0 Å². The number of rotatable bonds is 6. The van der Waals surface area contributed by atoms with Crippen molar-refractivity contribution in [1.29, 1.82) is 0 Å². The molecule has 4 aromatic rings. The minimum atomic E-state index is 0.592. The molecule has 0 fully saturated rings. The van der Waals surface area contributed by atoms with Crippen molar-refractivity contribution in [2.24, 2.45) is 10.2 Å². The molecule has 0 radical (unpaired) electrons. The summed E-state index contributed by atoms with van der Waals surface area (Å²) in [6.45, 7) is 2.58. The van der Waals surface area contributed by atoms with E-state index in [0.29, 0.717) is 23.7 Å². The second kappa shape index (κ2) is 8.31. The summed E-state index contributed by atoms with van der Waals surface area (Å²) in [5.41, 5.74) is 3.81. The molecule has 0 spiro atoms. The van der Waals surface area contributed by atoms with Crippen LogP contribution in [0.5, 0.6) is 5.75 Å². The van der Waals surface area contributed by atoms with Gasteiger partial charge in [-0.25, -0.2) is 0 Å². The Bertz CT molecular complexity index is 999. The number of ether oxygens (including phenoxy) is 1. The quantitative estimate of drug-likeness (QED) is 0.350. The average molecular weight is 369 g/mol. The summed E-state index contributed by atoms with van der Waals surface area (Å²) in [7, 11) is 0. The summed E-state index contributed by atoms with van der Waals surface area (Å²) in [4.78, 5) is 0. The molecule has 0 saturated carbocycles. The van der Waals surface area contributed by atoms with E-state index >= 15 is 0 Å². The number of azo groups is 1. The Balaban J connectivity index is 1.74. The molecule has 0 aliphatic rings. The van der Waals surface area contributed by atoms with Crippen molar-refractivity contribution in [1.82, 2.24) is 5.16 Å². The first-order valence-corrected chi connectivity index (χ1v) is 9.10. The van der Waals surface area contributed by atoms with E-state index in [0.717, 1.165) is 22.6 Å². The van der Waals surface area contributed by atoms with Crippen molar-refractivity contribution in [3.8, 4) is 28.3 Å². The summed E-state index contributed by atoms with van der Waals surface area (Å²) in [5.74, 6) is 1.40. The van der Waals surface area contributed by atoms with Gasteiger partial charge in [-0.2, -0.15) is 5.11 Å². The summed E-state index contributed by atoms with van der Waals surface area (Å²) in [5, 5.41) is 13.1.